The fourth-order valence-corrected chi connectivity index (χ4v) is 11.5. The van der Waals surface area contributed by atoms with E-state index in [0.717, 1.165) is 43.6 Å². The van der Waals surface area contributed by atoms with E-state index in [-0.39, 0.29) is 0 Å². The normalized spacial score (nSPS) is 12.3. The standard InChI is InChI=1S/C56H32N4S/c1-2-15-35(16-3-1)59-46-24-12-10-21-40(46)45-32-34(27-30-47(45)59)52-55-53(43-23-11-13-25-49(43)61-55)58-56(57-52)60-48-31-29-42-39-20-7-6-18-37(39)38-19-8-9-22-41(38)50(42)51(48)44-28-26-33-14-4-5-17-36(33)54(44)60/h1-32H. The summed E-state index contributed by atoms with van der Waals surface area (Å²) in [5.41, 5.74) is 8.67. The number of thiophene rings is 1. The molecule has 4 nitrogen and oxygen atoms in total. The zero-order valence-electron chi connectivity index (χ0n) is 32.7. The molecule has 5 heteroatoms. The second-order valence-electron chi connectivity index (χ2n) is 16.1. The number of nitrogens with zero attached hydrogens (tertiary/aromatic N) is 4. The van der Waals surface area contributed by atoms with Gasteiger partial charge in [0.05, 0.1) is 38.0 Å². The van der Waals surface area contributed by atoms with Crippen LogP contribution in [0.3, 0.4) is 0 Å². The van der Waals surface area contributed by atoms with Crippen LogP contribution in [0, 0.1) is 0 Å². The lowest BCUT2D eigenvalue weighted by Crippen LogP contribution is -2.03. The summed E-state index contributed by atoms with van der Waals surface area (Å²) in [5.74, 6) is 0.665. The van der Waals surface area contributed by atoms with Crippen molar-refractivity contribution in [2.24, 2.45) is 0 Å². The third kappa shape index (κ3) is 4.53. The van der Waals surface area contributed by atoms with Crippen molar-refractivity contribution in [2.75, 3.05) is 0 Å². The van der Waals surface area contributed by atoms with Gasteiger partial charge in [0.2, 0.25) is 5.95 Å². The third-order valence-electron chi connectivity index (χ3n) is 12.9. The highest BCUT2D eigenvalue weighted by Crippen LogP contribution is 2.46. The largest absolute Gasteiger partial charge is 0.309 e. The Balaban J connectivity index is 1.14. The minimum atomic E-state index is 0.665. The topological polar surface area (TPSA) is 35.6 Å². The molecule has 14 rings (SSSR count). The number of fused-ring (bicyclic) bond motifs is 18. The van der Waals surface area contributed by atoms with Crippen molar-refractivity contribution in [1.29, 1.82) is 0 Å². The predicted octanol–water partition coefficient (Wildman–Crippen LogP) is 15.3. The fraction of sp³-hybridized carbons (Fsp3) is 0. The highest BCUT2D eigenvalue weighted by molar-refractivity contribution is 7.26. The number of hydrogen-bond acceptors (Lipinski definition) is 3. The molecule has 0 fully saturated rings. The van der Waals surface area contributed by atoms with E-state index in [1.165, 1.54) is 80.4 Å². The monoisotopic (exact) mass is 792 g/mol. The van der Waals surface area contributed by atoms with E-state index < -0.39 is 0 Å². The number of aromatic nitrogens is 4. The zero-order valence-corrected chi connectivity index (χ0v) is 33.5. The fourth-order valence-electron chi connectivity index (χ4n) is 10.3. The Kier molecular flexibility index (Phi) is 6.68. The maximum Gasteiger partial charge on any atom is 0.235 e. The number of benzene rings is 10. The Hall–Kier alpha value is -7.86. The molecule has 4 aromatic heterocycles. The molecule has 0 amide bonds. The molecule has 0 atom stereocenters. The molecule has 14 aromatic rings. The average Bonchev–Trinajstić information content (AvgIpc) is 3.99. The number of hydrogen-bond donors (Lipinski definition) is 0. The van der Waals surface area contributed by atoms with Crippen LogP contribution in [0.4, 0.5) is 0 Å². The minimum Gasteiger partial charge on any atom is -0.309 e. The summed E-state index contributed by atoms with van der Waals surface area (Å²) in [6, 6.07) is 70.5. The van der Waals surface area contributed by atoms with Crippen molar-refractivity contribution in [2.45, 2.75) is 0 Å². The molecule has 0 saturated heterocycles. The Bertz CT molecular complexity index is 4140. The van der Waals surface area contributed by atoms with Crippen LogP contribution in [0.1, 0.15) is 0 Å². The summed E-state index contributed by atoms with van der Waals surface area (Å²) in [4.78, 5) is 11.3. The molecular formula is C56H32N4S. The number of rotatable bonds is 3. The van der Waals surface area contributed by atoms with Crippen molar-refractivity contribution in [3.05, 3.63) is 194 Å². The predicted molar refractivity (Wildman–Crippen MR) is 259 cm³/mol. The van der Waals surface area contributed by atoms with Gasteiger partial charge >= 0.3 is 0 Å². The summed E-state index contributed by atoms with van der Waals surface area (Å²) in [6.07, 6.45) is 0. The van der Waals surface area contributed by atoms with Crippen molar-refractivity contribution in [1.82, 2.24) is 19.1 Å². The zero-order chi connectivity index (χ0) is 39.8. The summed E-state index contributed by atoms with van der Waals surface area (Å²) in [7, 11) is 0. The van der Waals surface area contributed by atoms with E-state index in [0.29, 0.717) is 5.95 Å². The van der Waals surface area contributed by atoms with Gasteiger partial charge in [0.1, 0.15) is 0 Å². The summed E-state index contributed by atoms with van der Waals surface area (Å²) in [6.45, 7) is 0. The van der Waals surface area contributed by atoms with E-state index in [9.17, 15) is 0 Å². The molecule has 0 spiro atoms. The first-order chi connectivity index (χ1) is 30.3. The lowest BCUT2D eigenvalue weighted by atomic mass is 9.91. The van der Waals surface area contributed by atoms with Gasteiger partial charge in [-0.1, -0.05) is 152 Å². The first-order valence-electron chi connectivity index (χ1n) is 20.8. The van der Waals surface area contributed by atoms with Crippen molar-refractivity contribution >= 4 is 118 Å². The first kappa shape index (κ1) is 33.0. The molecular weight excluding hydrogens is 761 g/mol. The minimum absolute atomic E-state index is 0.665. The Labute approximate surface area is 352 Å². The molecule has 0 aliphatic carbocycles. The van der Waals surface area contributed by atoms with Crippen LogP contribution in [0.15, 0.2) is 194 Å². The maximum absolute atomic E-state index is 5.72. The van der Waals surface area contributed by atoms with Gasteiger partial charge in [0, 0.05) is 53.7 Å². The lowest BCUT2D eigenvalue weighted by Gasteiger charge is -2.13. The summed E-state index contributed by atoms with van der Waals surface area (Å²) in [5, 5.41) is 15.8. The van der Waals surface area contributed by atoms with Gasteiger partial charge < -0.3 is 4.57 Å². The molecule has 61 heavy (non-hydrogen) atoms. The van der Waals surface area contributed by atoms with Crippen LogP contribution in [0.2, 0.25) is 0 Å². The van der Waals surface area contributed by atoms with Crippen LogP contribution >= 0.6 is 11.3 Å². The quantitative estimate of drug-likeness (QED) is 0.167. The molecule has 10 aromatic carbocycles. The van der Waals surface area contributed by atoms with Gasteiger partial charge in [-0.15, -0.1) is 11.3 Å². The first-order valence-corrected chi connectivity index (χ1v) is 21.6. The van der Waals surface area contributed by atoms with Crippen LogP contribution in [0.25, 0.3) is 130 Å². The second kappa shape index (κ2) is 12.3. The Morgan fingerprint density at radius 2 is 0.984 bits per heavy atom. The van der Waals surface area contributed by atoms with Crippen molar-refractivity contribution in [3.8, 4) is 22.9 Å². The van der Waals surface area contributed by atoms with Crippen molar-refractivity contribution in [3.63, 3.8) is 0 Å². The summed E-state index contributed by atoms with van der Waals surface area (Å²) >= 11 is 1.77. The number of para-hydroxylation sites is 2. The molecule has 0 aliphatic rings. The average molecular weight is 793 g/mol. The smallest absolute Gasteiger partial charge is 0.235 e. The molecule has 0 bridgehead atoms. The maximum atomic E-state index is 5.72. The SMILES string of the molecule is c1ccc(-n2c3ccccc3c3cc(-c4nc(-n5c6ccc7c8ccccc8c8ccccc8c7c6c6ccc7ccccc7c65)nc5c4sc4ccccc45)ccc32)cc1. The molecule has 0 unspecified atom stereocenters. The summed E-state index contributed by atoms with van der Waals surface area (Å²) < 4.78 is 7.01. The van der Waals surface area contributed by atoms with E-state index in [1.54, 1.807) is 11.3 Å². The van der Waals surface area contributed by atoms with Gasteiger partial charge in [-0.25, -0.2) is 9.97 Å². The van der Waals surface area contributed by atoms with Crippen LogP contribution in [-0.2, 0) is 0 Å². The molecule has 282 valence electrons. The van der Waals surface area contributed by atoms with Crippen molar-refractivity contribution < 1.29 is 0 Å². The van der Waals surface area contributed by atoms with E-state index >= 15 is 0 Å². The van der Waals surface area contributed by atoms with E-state index in [2.05, 4.69) is 203 Å². The highest BCUT2D eigenvalue weighted by atomic mass is 32.1. The van der Waals surface area contributed by atoms with Gasteiger partial charge in [0.25, 0.3) is 0 Å². The van der Waals surface area contributed by atoms with E-state index in [1.807, 2.05) is 0 Å². The lowest BCUT2D eigenvalue weighted by molar-refractivity contribution is 1.02. The van der Waals surface area contributed by atoms with Crippen LogP contribution < -0.4 is 0 Å². The molecule has 4 heterocycles. The molecule has 0 saturated carbocycles. The molecule has 0 N–H and O–H groups in total. The highest BCUT2D eigenvalue weighted by Gasteiger charge is 2.24. The molecule has 0 radical (unpaired) electrons. The Morgan fingerprint density at radius 1 is 0.377 bits per heavy atom. The van der Waals surface area contributed by atoms with Crippen LogP contribution in [-0.4, -0.2) is 19.1 Å². The van der Waals surface area contributed by atoms with Gasteiger partial charge in [0.15, 0.2) is 0 Å². The van der Waals surface area contributed by atoms with E-state index in [4.69, 9.17) is 9.97 Å². The second-order valence-corrected chi connectivity index (χ2v) is 17.1. The van der Waals surface area contributed by atoms with Gasteiger partial charge in [-0.05, 0) is 74.8 Å². The van der Waals surface area contributed by atoms with Crippen LogP contribution in [0.5, 0.6) is 0 Å². The Morgan fingerprint density at radius 3 is 1.80 bits per heavy atom. The third-order valence-corrected chi connectivity index (χ3v) is 14.1. The van der Waals surface area contributed by atoms with Gasteiger partial charge in [-0.2, -0.15) is 0 Å². The molecule has 0 aliphatic heterocycles. The van der Waals surface area contributed by atoms with Gasteiger partial charge in [-0.3, -0.25) is 4.57 Å².